The van der Waals surface area contributed by atoms with Crippen molar-refractivity contribution in [1.29, 1.82) is 0 Å². The summed E-state index contributed by atoms with van der Waals surface area (Å²) < 4.78 is 5.45. The molecule has 1 aliphatic heterocycles. The van der Waals surface area contributed by atoms with Gasteiger partial charge in [0.25, 0.3) is 0 Å². The van der Waals surface area contributed by atoms with Crippen LogP contribution in [0.15, 0.2) is 4.52 Å². The number of fused-ring (bicyclic) bond motifs is 1. The van der Waals surface area contributed by atoms with E-state index in [1.807, 2.05) is 0 Å². The third-order valence-electron chi connectivity index (χ3n) is 5.12. The minimum atomic E-state index is 0.598. The Morgan fingerprint density at radius 1 is 1.05 bits per heavy atom. The fourth-order valence-electron chi connectivity index (χ4n) is 3.94. The minimum absolute atomic E-state index is 0.598. The lowest BCUT2D eigenvalue weighted by Gasteiger charge is -2.43. The van der Waals surface area contributed by atoms with Gasteiger partial charge in [0.2, 0.25) is 5.89 Å². The number of nitrogens with zero attached hydrogens (tertiary/aromatic N) is 3. The number of hydrogen-bond acceptors (Lipinski definition) is 4. The van der Waals surface area contributed by atoms with E-state index < -0.39 is 0 Å². The first kappa shape index (κ1) is 11.9. The zero-order chi connectivity index (χ0) is 12.7. The Kier molecular flexibility index (Phi) is 3.06. The van der Waals surface area contributed by atoms with Crippen LogP contribution in [0.5, 0.6) is 0 Å². The highest BCUT2D eigenvalue weighted by Crippen LogP contribution is 2.39. The SMILES string of the molecule is C1CC[C@@H]2[C@H](C1)CCCN2Cc1nc(C2CC2)no1. The Bertz CT molecular complexity index is 438. The summed E-state index contributed by atoms with van der Waals surface area (Å²) in [7, 11) is 0. The largest absolute Gasteiger partial charge is 0.338 e. The van der Waals surface area contributed by atoms with E-state index in [4.69, 9.17) is 4.52 Å². The molecule has 3 fully saturated rings. The highest BCUT2D eigenvalue weighted by atomic mass is 16.5. The van der Waals surface area contributed by atoms with E-state index >= 15 is 0 Å². The Balaban J connectivity index is 1.44. The summed E-state index contributed by atoms with van der Waals surface area (Å²) >= 11 is 0. The fraction of sp³-hybridized carbons (Fsp3) is 0.867. The van der Waals surface area contributed by atoms with Crippen molar-refractivity contribution in [2.24, 2.45) is 5.92 Å². The zero-order valence-corrected chi connectivity index (χ0v) is 11.6. The van der Waals surface area contributed by atoms with Crippen LogP contribution >= 0.6 is 0 Å². The van der Waals surface area contributed by atoms with Gasteiger partial charge in [0.1, 0.15) is 0 Å². The van der Waals surface area contributed by atoms with Crippen molar-refractivity contribution in [2.45, 2.75) is 69.9 Å². The molecule has 0 aromatic carbocycles. The molecule has 3 aliphatic rings. The Morgan fingerprint density at radius 3 is 2.79 bits per heavy atom. The molecule has 2 saturated carbocycles. The molecule has 104 valence electrons. The minimum Gasteiger partial charge on any atom is -0.338 e. The molecule has 4 heteroatoms. The maximum Gasteiger partial charge on any atom is 0.240 e. The van der Waals surface area contributed by atoms with Crippen LogP contribution in [0.25, 0.3) is 0 Å². The summed E-state index contributed by atoms with van der Waals surface area (Å²) in [5, 5.41) is 4.13. The second-order valence-corrected chi connectivity index (χ2v) is 6.55. The Hall–Kier alpha value is -0.900. The highest BCUT2D eigenvalue weighted by molar-refractivity contribution is 5.03. The molecule has 1 saturated heterocycles. The van der Waals surface area contributed by atoms with E-state index in [0.717, 1.165) is 30.2 Å². The van der Waals surface area contributed by atoms with Gasteiger partial charge in [-0.15, -0.1) is 0 Å². The lowest BCUT2D eigenvalue weighted by atomic mass is 9.78. The van der Waals surface area contributed by atoms with Crippen molar-refractivity contribution in [1.82, 2.24) is 15.0 Å². The van der Waals surface area contributed by atoms with Crippen LogP contribution in [0, 0.1) is 5.92 Å². The second kappa shape index (κ2) is 4.89. The van der Waals surface area contributed by atoms with Gasteiger partial charge in [-0.1, -0.05) is 18.0 Å². The number of likely N-dealkylation sites (tertiary alicyclic amines) is 1. The summed E-state index contributed by atoms with van der Waals surface area (Å²) in [5.74, 6) is 3.31. The first-order valence-corrected chi connectivity index (χ1v) is 7.96. The molecule has 0 spiro atoms. The predicted octanol–water partition coefficient (Wildman–Crippen LogP) is 3.10. The molecule has 2 aliphatic carbocycles. The Labute approximate surface area is 114 Å². The third-order valence-corrected chi connectivity index (χ3v) is 5.12. The normalized spacial score (nSPS) is 32.2. The lowest BCUT2D eigenvalue weighted by Crippen LogP contribution is -2.46. The fourth-order valence-corrected chi connectivity index (χ4v) is 3.94. The van der Waals surface area contributed by atoms with Crippen LogP contribution in [0.3, 0.4) is 0 Å². The lowest BCUT2D eigenvalue weighted by molar-refractivity contribution is 0.0466. The van der Waals surface area contributed by atoms with Crippen LogP contribution in [0.1, 0.15) is 69.0 Å². The van der Waals surface area contributed by atoms with Gasteiger partial charge in [-0.2, -0.15) is 4.98 Å². The van der Waals surface area contributed by atoms with Crippen molar-refractivity contribution in [3.63, 3.8) is 0 Å². The van der Waals surface area contributed by atoms with E-state index in [2.05, 4.69) is 15.0 Å². The molecule has 2 atom stereocenters. The molecule has 0 radical (unpaired) electrons. The van der Waals surface area contributed by atoms with Crippen molar-refractivity contribution >= 4 is 0 Å². The molecule has 1 aromatic heterocycles. The van der Waals surface area contributed by atoms with E-state index in [1.54, 1.807) is 0 Å². The molecule has 1 aromatic rings. The Morgan fingerprint density at radius 2 is 1.89 bits per heavy atom. The molecule has 2 heterocycles. The smallest absolute Gasteiger partial charge is 0.240 e. The van der Waals surface area contributed by atoms with Crippen LogP contribution in [-0.2, 0) is 6.54 Å². The summed E-state index contributed by atoms with van der Waals surface area (Å²) in [5.41, 5.74) is 0. The first-order valence-electron chi connectivity index (χ1n) is 7.96. The van der Waals surface area contributed by atoms with Gasteiger partial charge in [-0.05, 0) is 51.0 Å². The zero-order valence-electron chi connectivity index (χ0n) is 11.6. The topological polar surface area (TPSA) is 42.2 Å². The van der Waals surface area contributed by atoms with E-state index in [1.165, 1.54) is 57.9 Å². The van der Waals surface area contributed by atoms with Gasteiger partial charge in [-0.3, -0.25) is 4.90 Å². The van der Waals surface area contributed by atoms with Crippen LogP contribution in [-0.4, -0.2) is 27.6 Å². The molecule has 4 rings (SSSR count). The van der Waals surface area contributed by atoms with Crippen LogP contribution in [0.2, 0.25) is 0 Å². The van der Waals surface area contributed by atoms with Gasteiger partial charge in [-0.25, -0.2) is 0 Å². The number of hydrogen-bond donors (Lipinski definition) is 0. The maximum atomic E-state index is 5.45. The van der Waals surface area contributed by atoms with Gasteiger partial charge < -0.3 is 4.52 Å². The van der Waals surface area contributed by atoms with Gasteiger partial charge in [0.05, 0.1) is 6.54 Å². The summed E-state index contributed by atoms with van der Waals surface area (Å²) in [6, 6.07) is 0.777. The van der Waals surface area contributed by atoms with Crippen molar-refractivity contribution in [3.05, 3.63) is 11.7 Å². The average molecular weight is 261 g/mol. The highest BCUT2D eigenvalue weighted by Gasteiger charge is 2.34. The molecule has 4 nitrogen and oxygen atoms in total. The molecule has 0 bridgehead atoms. The van der Waals surface area contributed by atoms with Crippen LogP contribution < -0.4 is 0 Å². The number of piperidine rings is 1. The molecule has 0 unspecified atom stereocenters. The second-order valence-electron chi connectivity index (χ2n) is 6.55. The summed E-state index contributed by atoms with van der Waals surface area (Å²) in [4.78, 5) is 7.19. The number of rotatable bonds is 3. The van der Waals surface area contributed by atoms with E-state index in [-0.39, 0.29) is 0 Å². The van der Waals surface area contributed by atoms with Crippen molar-refractivity contribution in [3.8, 4) is 0 Å². The molecular formula is C15H23N3O. The molecule has 0 N–H and O–H groups in total. The molecule has 0 amide bonds. The van der Waals surface area contributed by atoms with Crippen molar-refractivity contribution < 1.29 is 4.52 Å². The van der Waals surface area contributed by atoms with Gasteiger partial charge in [0.15, 0.2) is 5.82 Å². The van der Waals surface area contributed by atoms with E-state index in [9.17, 15) is 0 Å². The quantitative estimate of drug-likeness (QED) is 0.838. The molecule has 19 heavy (non-hydrogen) atoms. The van der Waals surface area contributed by atoms with Crippen molar-refractivity contribution in [2.75, 3.05) is 6.54 Å². The summed E-state index contributed by atoms with van der Waals surface area (Å²) in [6.45, 7) is 2.09. The summed E-state index contributed by atoms with van der Waals surface area (Å²) in [6.07, 6.45) is 10.9. The standard InChI is InChI=1S/C15H23N3O/c1-2-6-13-11(4-1)5-3-9-18(13)10-14-16-15(17-19-14)12-7-8-12/h11-13H,1-10H2/t11-,13-/m1/s1. The first-order chi connectivity index (χ1) is 9.40. The monoisotopic (exact) mass is 261 g/mol. The maximum absolute atomic E-state index is 5.45. The van der Waals surface area contributed by atoms with Gasteiger partial charge in [0, 0.05) is 12.0 Å². The van der Waals surface area contributed by atoms with E-state index in [0.29, 0.717) is 5.92 Å². The van der Waals surface area contributed by atoms with Crippen LogP contribution in [0.4, 0.5) is 0 Å². The number of aromatic nitrogens is 2. The average Bonchev–Trinajstić information content (AvgIpc) is 3.20. The third kappa shape index (κ3) is 2.42. The van der Waals surface area contributed by atoms with Gasteiger partial charge >= 0.3 is 0 Å². The predicted molar refractivity (Wildman–Crippen MR) is 71.7 cm³/mol. The molecular weight excluding hydrogens is 238 g/mol.